The summed E-state index contributed by atoms with van der Waals surface area (Å²) in [5.41, 5.74) is 0.857. The van der Waals surface area contributed by atoms with Crippen LogP contribution in [0.4, 0.5) is 5.69 Å². The maximum atomic E-state index is 11.9. The molecule has 0 unspecified atom stereocenters. The number of rotatable bonds is 4. The highest BCUT2D eigenvalue weighted by atomic mass is 35.5. The predicted octanol–water partition coefficient (Wildman–Crippen LogP) is 1.84. The lowest BCUT2D eigenvalue weighted by molar-refractivity contribution is 0.503. The number of H-pyrrole nitrogens is 1. The zero-order valence-electron chi connectivity index (χ0n) is 10.4. The van der Waals surface area contributed by atoms with E-state index in [4.69, 9.17) is 11.6 Å². The average molecular weight is 301 g/mol. The highest BCUT2D eigenvalue weighted by Crippen LogP contribution is 2.17. The van der Waals surface area contributed by atoms with Crippen LogP contribution in [0.2, 0.25) is 5.02 Å². The van der Waals surface area contributed by atoms with E-state index in [0.29, 0.717) is 12.2 Å². The lowest BCUT2D eigenvalue weighted by Gasteiger charge is -2.11. The molecule has 0 spiro atoms. The smallest absolute Gasteiger partial charge is 0.304 e. The van der Waals surface area contributed by atoms with Crippen molar-refractivity contribution < 1.29 is 0 Å². The number of thiazole rings is 1. The van der Waals surface area contributed by atoms with Crippen LogP contribution in [0.3, 0.4) is 0 Å². The van der Waals surface area contributed by atoms with Gasteiger partial charge in [0.15, 0.2) is 0 Å². The fourth-order valence-corrected chi connectivity index (χ4v) is 2.31. The Bertz CT molecular complexity index is 688. The molecule has 0 saturated carbocycles. The van der Waals surface area contributed by atoms with Crippen molar-refractivity contribution >= 4 is 28.6 Å². The Kier molecular flexibility index (Phi) is 4.06. The Hall–Kier alpha value is -1.60. The van der Waals surface area contributed by atoms with Crippen molar-refractivity contribution in [2.45, 2.75) is 26.4 Å². The molecule has 102 valence electrons. The second-order valence-corrected chi connectivity index (χ2v) is 5.46. The normalized spacial score (nSPS) is 10.9. The highest BCUT2D eigenvalue weighted by molar-refractivity contribution is 7.07. The predicted molar refractivity (Wildman–Crippen MR) is 76.2 cm³/mol. The number of halogens is 1. The second-order valence-electron chi connectivity index (χ2n) is 4.24. The van der Waals surface area contributed by atoms with E-state index in [9.17, 15) is 9.59 Å². The molecule has 2 N–H and O–H groups in total. The minimum absolute atomic E-state index is 0.0488. The third-order valence-corrected chi connectivity index (χ3v) is 3.56. The van der Waals surface area contributed by atoms with Crippen molar-refractivity contribution in [3.05, 3.63) is 42.3 Å². The van der Waals surface area contributed by atoms with Crippen LogP contribution >= 0.6 is 22.9 Å². The SMILES string of the molecule is CC(C)n1ncc(NCc2csc(=O)[nH]2)c(Cl)c1=O. The zero-order valence-corrected chi connectivity index (χ0v) is 12.0. The molecule has 0 aliphatic rings. The van der Waals surface area contributed by atoms with Crippen molar-refractivity contribution in [3.8, 4) is 0 Å². The van der Waals surface area contributed by atoms with Gasteiger partial charge in [0.25, 0.3) is 5.56 Å². The van der Waals surface area contributed by atoms with Crippen LogP contribution in [0.1, 0.15) is 25.6 Å². The summed E-state index contributed by atoms with van der Waals surface area (Å²) in [6.07, 6.45) is 1.51. The second kappa shape index (κ2) is 5.58. The van der Waals surface area contributed by atoms with Gasteiger partial charge < -0.3 is 10.3 Å². The van der Waals surface area contributed by atoms with Crippen LogP contribution in [0, 0.1) is 0 Å². The molecule has 6 nitrogen and oxygen atoms in total. The van der Waals surface area contributed by atoms with Gasteiger partial charge in [0, 0.05) is 11.1 Å². The Morgan fingerprint density at radius 1 is 1.53 bits per heavy atom. The molecule has 0 aromatic carbocycles. The van der Waals surface area contributed by atoms with E-state index in [-0.39, 0.29) is 21.5 Å². The monoisotopic (exact) mass is 300 g/mol. The van der Waals surface area contributed by atoms with Gasteiger partial charge in [0.05, 0.1) is 24.5 Å². The fraction of sp³-hybridized carbons (Fsp3) is 0.364. The third kappa shape index (κ3) is 3.05. The van der Waals surface area contributed by atoms with Crippen LogP contribution < -0.4 is 15.7 Å². The van der Waals surface area contributed by atoms with E-state index in [2.05, 4.69) is 15.4 Å². The van der Waals surface area contributed by atoms with E-state index < -0.39 is 0 Å². The Balaban J connectivity index is 2.20. The first-order valence-electron chi connectivity index (χ1n) is 5.67. The molecular formula is C11H13ClN4O2S. The molecule has 0 radical (unpaired) electrons. The molecule has 0 amide bonds. The lowest BCUT2D eigenvalue weighted by atomic mass is 10.3. The van der Waals surface area contributed by atoms with Crippen molar-refractivity contribution in [2.24, 2.45) is 0 Å². The first-order chi connectivity index (χ1) is 8.99. The Morgan fingerprint density at radius 3 is 2.84 bits per heavy atom. The van der Waals surface area contributed by atoms with Crippen LogP contribution in [0.15, 0.2) is 21.2 Å². The van der Waals surface area contributed by atoms with Gasteiger partial charge in [0.2, 0.25) is 0 Å². The Morgan fingerprint density at radius 2 is 2.26 bits per heavy atom. The van der Waals surface area contributed by atoms with Crippen molar-refractivity contribution in [1.29, 1.82) is 0 Å². The van der Waals surface area contributed by atoms with E-state index in [1.54, 1.807) is 5.38 Å². The van der Waals surface area contributed by atoms with Gasteiger partial charge in [-0.2, -0.15) is 5.10 Å². The van der Waals surface area contributed by atoms with Crippen molar-refractivity contribution in [2.75, 3.05) is 5.32 Å². The van der Waals surface area contributed by atoms with Crippen molar-refractivity contribution in [1.82, 2.24) is 14.8 Å². The molecule has 0 aliphatic heterocycles. The van der Waals surface area contributed by atoms with E-state index in [1.807, 2.05) is 13.8 Å². The molecule has 19 heavy (non-hydrogen) atoms. The van der Waals surface area contributed by atoms with Gasteiger partial charge in [-0.1, -0.05) is 22.9 Å². The summed E-state index contributed by atoms with van der Waals surface area (Å²) < 4.78 is 1.32. The summed E-state index contributed by atoms with van der Waals surface area (Å²) in [5, 5.41) is 8.83. The first kappa shape index (κ1) is 13.8. The number of hydrogen-bond acceptors (Lipinski definition) is 5. The molecule has 2 heterocycles. The molecule has 2 aromatic heterocycles. The van der Waals surface area contributed by atoms with Gasteiger partial charge in [-0.25, -0.2) is 4.68 Å². The largest absolute Gasteiger partial charge is 0.377 e. The molecule has 2 rings (SSSR count). The fourth-order valence-electron chi connectivity index (χ4n) is 1.53. The van der Waals surface area contributed by atoms with Crippen LogP contribution in [-0.2, 0) is 6.54 Å². The minimum atomic E-state index is -0.333. The van der Waals surface area contributed by atoms with E-state index >= 15 is 0 Å². The van der Waals surface area contributed by atoms with Crippen LogP contribution in [-0.4, -0.2) is 14.8 Å². The lowest BCUT2D eigenvalue weighted by Crippen LogP contribution is -2.25. The third-order valence-electron chi connectivity index (χ3n) is 2.47. The molecule has 2 aromatic rings. The van der Waals surface area contributed by atoms with Crippen LogP contribution in [0.5, 0.6) is 0 Å². The number of anilines is 1. The summed E-state index contributed by atoms with van der Waals surface area (Å²) in [4.78, 5) is 25.5. The number of nitrogens with zero attached hydrogens (tertiary/aromatic N) is 2. The summed E-state index contributed by atoms with van der Waals surface area (Å²) in [6, 6.07) is -0.0488. The molecule has 8 heteroatoms. The molecule has 0 saturated heterocycles. The summed E-state index contributed by atoms with van der Waals surface area (Å²) in [6.45, 7) is 4.09. The zero-order chi connectivity index (χ0) is 14.0. The van der Waals surface area contributed by atoms with Crippen LogP contribution in [0.25, 0.3) is 0 Å². The summed E-state index contributed by atoms with van der Waals surface area (Å²) >= 11 is 7.10. The van der Waals surface area contributed by atoms with Gasteiger partial charge in [-0.3, -0.25) is 9.59 Å². The number of aromatic amines is 1. The summed E-state index contributed by atoms with van der Waals surface area (Å²) in [5.74, 6) is 0. The topological polar surface area (TPSA) is 79.8 Å². The van der Waals surface area contributed by atoms with E-state index in [0.717, 1.165) is 17.0 Å². The van der Waals surface area contributed by atoms with Gasteiger partial charge in [-0.15, -0.1) is 0 Å². The molecule has 0 fully saturated rings. The maximum Gasteiger partial charge on any atom is 0.304 e. The highest BCUT2D eigenvalue weighted by Gasteiger charge is 2.11. The number of aromatic nitrogens is 3. The first-order valence-corrected chi connectivity index (χ1v) is 6.92. The average Bonchev–Trinajstić information content (AvgIpc) is 2.76. The minimum Gasteiger partial charge on any atom is -0.377 e. The quantitative estimate of drug-likeness (QED) is 0.903. The molecule has 0 atom stereocenters. The van der Waals surface area contributed by atoms with Gasteiger partial charge >= 0.3 is 4.87 Å². The van der Waals surface area contributed by atoms with Crippen molar-refractivity contribution in [3.63, 3.8) is 0 Å². The molecule has 0 bridgehead atoms. The van der Waals surface area contributed by atoms with E-state index in [1.165, 1.54) is 10.9 Å². The number of hydrogen-bond donors (Lipinski definition) is 2. The maximum absolute atomic E-state index is 11.9. The molecular weight excluding hydrogens is 288 g/mol. The molecule has 0 aliphatic carbocycles. The summed E-state index contributed by atoms with van der Waals surface area (Å²) in [7, 11) is 0. The van der Waals surface area contributed by atoms with Gasteiger partial charge in [-0.05, 0) is 13.8 Å². The Labute approximate surface area is 118 Å². The number of nitrogens with one attached hydrogen (secondary N) is 2. The standard InChI is InChI=1S/C11H13ClN4O2S/c1-6(2)16-10(17)9(12)8(4-14-16)13-3-7-5-19-11(18)15-7/h4-6,13H,3H2,1-2H3,(H,15,18). The van der Waals surface area contributed by atoms with Gasteiger partial charge in [0.1, 0.15) is 5.02 Å².